The molecular weight excluding hydrogens is 489 g/mol. The molecule has 0 saturated carbocycles. The molecule has 1 fully saturated rings. The Bertz CT molecular complexity index is 641. The maximum atomic E-state index is 11.9. The molecule has 1 aliphatic heterocycles. The molecular formula is C23H40IN5O. The van der Waals surface area contributed by atoms with Crippen molar-refractivity contribution in [2.24, 2.45) is 4.99 Å². The van der Waals surface area contributed by atoms with Crippen molar-refractivity contribution in [2.75, 3.05) is 39.3 Å². The van der Waals surface area contributed by atoms with E-state index < -0.39 is 0 Å². The Morgan fingerprint density at radius 1 is 1.17 bits per heavy atom. The van der Waals surface area contributed by atoms with Crippen LogP contribution in [0.3, 0.4) is 0 Å². The maximum Gasteiger partial charge on any atom is 0.234 e. The van der Waals surface area contributed by atoms with Gasteiger partial charge in [0.2, 0.25) is 5.91 Å². The topological polar surface area (TPSA) is 68.8 Å². The van der Waals surface area contributed by atoms with Crippen LogP contribution in [0.1, 0.15) is 57.1 Å². The van der Waals surface area contributed by atoms with Gasteiger partial charge in [0.15, 0.2) is 5.96 Å². The molecule has 1 unspecified atom stereocenters. The van der Waals surface area contributed by atoms with Gasteiger partial charge in [0.1, 0.15) is 0 Å². The van der Waals surface area contributed by atoms with Gasteiger partial charge in [-0.3, -0.25) is 14.7 Å². The first-order valence-electron chi connectivity index (χ1n) is 11.1. The van der Waals surface area contributed by atoms with E-state index in [1.807, 2.05) is 0 Å². The minimum absolute atomic E-state index is 0. The molecule has 0 aromatic heterocycles. The molecule has 1 heterocycles. The molecule has 0 radical (unpaired) electrons. The predicted octanol–water partition coefficient (Wildman–Crippen LogP) is 3.26. The first-order chi connectivity index (χ1) is 14.0. The number of hydrogen-bond acceptors (Lipinski definition) is 3. The van der Waals surface area contributed by atoms with Crippen molar-refractivity contribution in [3.8, 4) is 0 Å². The number of rotatable bonds is 9. The van der Waals surface area contributed by atoms with Crippen LogP contribution in [0.5, 0.6) is 0 Å². The number of carbonyl (C=O) groups excluding carboxylic acids is 1. The Labute approximate surface area is 199 Å². The lowest BCUT2D eigenvalue weighted by molar-refractivity contribution is -0.122. The number of halogens is 1. The third-order valence-corrected chi connectivity index (χ3v) is 5.38. The van der Waals surface area contributed by atoms with E-state index in [1.54, 1.807) is 0 Å². The van der Waals surface area contributed by atoms with Gasteiger partial charge in [-0.15, -0.1) is 24.0 Å². The first-order valence-corrected chi connectivity index (χ1v) is 11.1. The summed E-state index contributed by atoms with van der Waals surface area (Å²) < 4.78 is 0. The molecule has 1 aromatic carbocycles. The number of amides is 1. The van der Waals surface area contributed by atoms with Gasteiger partial charge in [-0.05, 0) is 38.7 Å². The van der Waals surface area contributed by atoms with E-state index in [0.29, 0.717) is 18.5 Å². The summed E-state index contributed by atoms with van der Waals surface area (Å²) in [6.07, 6.45) is 3.03. The van der Waals surface area contributed by atoms with Crippen molar-refractivity contribution in [1.29, 1.82) is 0 Å². The van der Waals surface area contributed by atoms with Crippen LogP contribution < -0.4 is 16.0 Å². The highest BCUT2D eigenvalue weighted by molar-refractivity contribution is 14.0. The van der Waals surface area contributed by atoms with E-state index in [-0.39, 0.29) is 29.9 Å². The van der Waals surface area contributed by atoms with Crippen LogP contribution >= 0.6 is 24.0 Å². The second-order valence-electron chi connectivity index (χ2n) is 8.08. The fourth-order valence-electron chi connectivity index (χ4n) is 3.50. The lowest BCUT2D eigenvalue weighted by Crippen LogP contribution is -2.50. The molecule has 3 N–H and O–H groups in total. The van der Waals surface area contributed by atoms with Crippen LogP contribution in [0.4, 0.5) is 0 Å². The Balaban J connectivity index is 0.00000450. The van der Waals surface area contributed by atoms with Gasteiger partial charge in [0.25, 0.3) is 0 Å². The van der Waals surface area contributed by atoms with Crippen molar-refractivity contribution in [3.63, 3.8) is 0 Å². The summed E-state index contributed by atoms with van der Waals surface area (Å²) >= 11 is 0. The van der Waals surface area contributed by atoms with Crippen molar-refractivity contribution in [2.45, 2.75) is 58.9 Å². The number of nitrogens with zero attached hydrogens (tertiary/aromatic N) is 2. The zero-order valence-electron chi connectivity index (χ0n) is 19.0. The SMILES string of the molecule is CCCNC(=O)CN1CCC(NC(=NCC(C)c2ccc(C)cc2)NCC)CC1.I. The normalized spacial score (nSPS) is 16.5. The van der Waals surface area contributed by atoms with Gasteiger partial charge < -0.3 is 16.0 Å². The number of piperidine rings is 1. The zero-order chi connectivity index (χ0) is 21.1. The van der Waals surface area contributed by atoms with Crippen molar-refractivity contribution in [3.05, 3.63) is 35.4 Å². The summed E-state index contributed by atoms with van der Waals surface area (Å²) in [6, 6.07) is 9.12. The summed E-state index contributed by atoms with van der Waals surface area (Å²) in [5.74, 6) is 1.42. The molecule has 6 nitrogen and oxygen atoms in total. The van der Waals surface area contributed by atoms with Crippen molar-refractivity contribution >= 4 is 35.8 Å². The van der Waals surface area contributed by atoms with Crippen LogP contribution in [-0.4, -0.2) is 62.1 Å². The number of aliphatic imine (C=N–C) groups is 1. The molecule has 170 valence electrons. The summed E-state index contributed by atoms with van der Waals surface area (Å²) in [6.45, 7) is 13.3. The van der Waals surface area contributed by atoms with E-state index in [0.717, 1.165) is 57.9 Å². The maximum absolute atomic E-state index is 11.9. The third kappa shape index (κ3) is 9.64. The average Bonchev–Trinajstić information content (AvgIpc) is 2.72. The molecule has 1 aromatic rings. The summed E-state index contributed by atoms with van der Waals surface area (Å²) in [7, 11) is 0. The highest BCUT2D eigenvalue weighted by Crippen LogP contribution is 2.16. The minimum atomic E-state index is 0. The van der Waals surface area contributed by atoms with Crippen LogP contribution in [0.15, 0.2) is 29.3 Å². The first kappa shape index (κ1) is 26.7. The molecule has 0 aliphatic carbocycles. The van der Waals surface area contributed by atoms with Crippen molar-refractivity contribution in [1.82, 2.24) is 20.9 Å². The number of nitrogens with one attached hydrogen (secondary N) is 3. The van der Waals surface area contributed by atoms with E-state index >= 15 is 0 Å². The largest absolute Gasteiger partial charge is 0.357 e. The molecule has 1 atom stereocenters. The lowest BCUT2D eigenvalue weighted by atomic mass is 10.0. The molecule has 0 bridgehead atoms. The predicted molar refractivity (Wildman–Crippen MR) is 137 cm³/mol. The quantitative estimate of drug-likeness (QED) is 0.261. The number of guanidine groups is 1. The molecule has 0 spiro atoms. The van der Waals surface area contributed by atoms with Crippen LogP contribution in [0.25, 0.3) is 0 Å². The number of likely N-dealkylation sites (tertiary alicyclic amines) is 1. The Hall–Kier alpha value is -1.35. The van der Waals surface area contributed by atoms with Crippen LogP contribution in [0.2, 0.25) is 0 Å². The summed E-state index contributed by atoms with van der Waals surface area (Å²) in [4.78, 5) is 19.0. The monoisotopic (exact) mass is 529 g/mol. The minimum Gasteiger partial charge on any atom is -0.357 e. The van der Waals surface area contributed by atoms with Gasteiger partial charge in [0, 0.05) is 44.7 Å². The fourth-order valence-corrected chi connectivity index (χ4v) is 3.50. The standard InChI is InChI=1S/C23H39N5O.HI/c1-5-13-25-22(29)17-28-14-11-21(12-15-28)27-23(24-6-2)26-16-19(4)20-9-7-18(3)8-10-20;/h7-10,19,21H,5-6,11-17H2,1-4H3,(H,25,29)(H2,24,26,27);1H. The number of carbonyl (C=O) groups is 1. The zero-order valence-corrected chi connectivity index (χ0v) is 21.4. The highest BCUT2D eigenvalue weighted by atomic mass is 127. The summed E-state index contributed by atoms with van der Waals surface area (Å²) in [5.41, 5.74) is 2.61. The smallest absolute Gasteiger partial charge is 0.234 e. The fraction of sp³-hybridized carbons (Fsp3) is 0.652. The third-order valence-electron chi connectivity index (χ3n) is 5.38. The average molecular weight is 530 g/mol. The molecule has 30 heavy (non-hydrogen) atoms. The van der Waals surface area contributed by atoms with E-state index in [4.69, 9.17) is 4.99 Å². The van der Waals surface area contributed by atoms with Crippen LogP contribution in [0, 0.1) is 6.92 Å². The second kappa shape index (κ2) is 14.6. The van der Waals surface area contributed by atoms with Gasteiger partial charge in [-0.25, -0.2) is 0 Å². The molecule has 1 amide bonds. The van der Waals surface area contributed by atoms with Gasteiger partial charge in [0.05, 0.1) is 6.54 Å². The lowest BCUT2D eigenvalue weighted by Gasteiger charge is -2.32. The number of hydrogen-bond donors (Lipinski definition) is 3. The Morgan fingerprint density at radius 2 is 1.83 bits per heavy atom. The second-order valence-corrected chi connectivity index (χ2v) is 8.08. The Kier molecular flexibility index (Phi) is 13.0. The van der Waals surface area contributed by atoms with Gasteiger partial charge in [-0.1, -0.05) is 43.7 Å². The van der Waals surface area contributed by atoms with E-state index in [2.05, 4.69) is 72.8 Å². The van der Waals surface area contributed by atoms with E-state index in [9.17, 15) is 4.79 Å². The van der Waals surface area contributed by atoms with Gasteiger partial charge >= 0.3 is 0 Å². The van der Waals surface area contributed by atoms with Crippen molar-refractivity contribution < 1.29 is 4.79 Å². The molecule has 2 rings (SSSR count). The molecule has 7 heteroatoms. The van der Waals surface area contributed by atoms with Crippen LogP contribution in [-0.2, 0) is 4.79 Å². The Morgan fingerprint density at radius 3 is 2.43 bits per heavy atom. The van der Waals surface area contributed by atoms with Gasteiger partial charge in [-0.2, -0.15) is 0 Å². The highest BCUT2D eigenvalue weighted by Gasteiger charge is 2.21. The molecule has 1 saturated heterocycles. The van der Waals surface area contributed by atoms with E-state index in [1.165, 1.54) is 11.1 Å². The number of aryl methyl sites for hydroxylation is 1. The summed E-state index contributed by atoms with van der Waals surface area (Å²) in [5, 5.41) is 9.92. The number of benzene rings is 1. The molecule has 1 aliphatic rings.